The Morgan fingerprint density at radius 3 is 2.61 bits per heavy atom. The average Bonchev–Trinajstić information content (AvgIpc) is 2.96. The van der Waals surface area contributed by atoms with Crippen LogP contribution in [0.4, 0.5) is 0 Å². The first kappa shape index (κ1) is 12.7. The summed E-state index contributed by atoms with van der Waals surface area (Å²) in [4.78, 5) is 22.9. The zero-order valence-electron chi connectivity index (χ0n) is 10.4. The van der Waals surface area contributed by atoms with E-state index in [0.717, 1.165) is 25.7 Å². The number of carboxylic acids is 1. The fraction of sp³-hybridized carbons (Fsp3) is 0.538. The Labute approximate surface area is 105 Å². The van der Waals surface area contributed by atoms with Crippen molar-refractivity contribution in [2.45, 2.75) is 45.1 Å². The van der Waals surface area contributed by atoms with Crippen LogP contribution in [0.2, 0.25) is 0 Å². The van der Waals surface area contributed by atoms with Gasteiger partial charge < -0.3 is 14.8 Å². The van der Waals surface area contributed by atoms with E-state index in [9.17, 15) is 9.59 Å². The van der Waals surface area contributed by atoms with Crippen LogP contribution in [0.15, 0.2) is 10.5 Å². The molecule has 1 saturated carbocycles. The quantitative estimate of drug-likeness (QED) is 0.859. The number of hydrogen-bond donors (Lipinski definition) is 2. The summed E-state index contributed by atoms with van der Waals surface area (Å²) in [7, 11) is 0. The van der Waals surface area contributed by atoms with E-state index in [1.165, 1.54) is 6.07 Å². The van der Waals surface area contributed by atoms with Gasteiger partial charge >= 0.3 is 5.97 Å². The van der Waals surface area contributed by atoms with Gasteiger partial charge in [0.2, 0.25) is 0 Å². The second kappa shape index (κ2) is 5.25. The minimum Gasteiger partial charge on any atom is -0.478 e. The number of nitrogens with one attached hydrogen (secondary N) is 1. The third kappa shape index (κ3) is 2.55. The van der Waals surface area contributed by atoms with Crippen LogP contribution in [0.3, 0.4) is 0 Å². The van der Waals surface area contributed by atoms with Crippen molar-refractivity contribution in [2.24, 2.45) is 0 Å². The molecule has 0 bridgehead atoms. The number of aromatic carboxylic acids is 1. The molecule has 1 fully saturated rings. The van der Waals surface area contributed by atoms with Gasteiger partial charge in [-0.2, -0.15) is 0 Å². The monoisotopic (exact) mass is 251 g/mol. The molecule has 1 aliphatic rings. The van der Waals surface area contributed by atoms with Gasteiger partial charge in [0.05, 0.1) is 0 Å². The van der Waals surface area contributed by atoms with Crippen LogP contribution in [0.25, 0.3) is 0 Å². The van der Waals surface area contributed by atoms with Crippen molar-refractivity contribution >= 4 is 11.9 Å². The number of carbonyl (C=O) groups excluding carboxylic acids is 1. The van der Waals surface area contributed by atoms with Crippen LogP contribution in [-0.2, 0) is 6.42 Å². The highest BCUT2D eigenvalue weighted by Crippen LogP contribution is 2.20. The number of hydrogen-bond acceptors (Lipinski definition) is 3. The molecule has 1 heterocycles. The predicted octanol–water partition coefficient (Wildman–Crippen LogP) is 2.21. The molecule has 5 heteroatoms. The Morgan fingerprint density at radius 2 is 2.11 bits per heavy atom. The first-order valence-electron chi connectivity index (χ1n) is 6.28. The molecule has 1 aromatic rings. The molecule has 1 amide bonds. The maximum absolute atomic E-state index is 11.9. The molecule has 1 aromatic heterocycles. The lowest BCUT2D eigenvalue weighted by Crippen LogP contribution is -2.32. The lowest BCUT2D eigenvalue weighted by Gasteiger charge is -2.09. The summed E-state index contributed by atoms with van der Waals surface area (Å²) >= 11 is 0. The molecule has 0 unspecified atom stereocenters. The number of aryl methyl sites for hydroxylation is 1. The van der Waals surface area contributed by atoms with E-state index < -0.39 is 5.97 Å². The Balaban J connectivity index is 2.12. The van der Waals surface area contributed by atoms with Gasteiger partial charge in [0.15, 0.2) is 5.76 Å². The van der Waals surface area contributed by atoms with E-state index >= 15 is 0 Å². The Morgan fingerprint density at radius 1 is 1.44 bits per heavy atom. The van der Waals surface area contributed by atoms with Crippen molar-refractivity contribution in [3.63, 3.8) is 0 Å². The van der Waals surface area contributed by atoms with E-state index in [0.29, 0.717) is 12.2 Å². The zero-order valence-corrected chi connectivity index (χ0v) is 10.4. The highest BCUT2D eigenvalue weighted by molar-refractivity contribution is 5.96. The molecule has 2 N–H and O–H groups in total. The zero-order chi connectivity index (χ0) is 13.1. The third-order valence-electron chi connectivity index (χ3n) is 3.27. The van der Waals surface area contributed by atoms with E-state index in [-0.39, 0.29) is 23.3 Å². The van der Waals surface area contributed by atoms with Gasteiger partial charge in [-0.25, -0.2) is 4.79 Å². The van der Waals surface area contributed by atoms with Crippen LogP contribution in [-0.4, -0.2) is 23.0 Å². The second-order valence-electron chi connectivity index (χ2n) is 4.56. The fourth-order valence-electron chi connectivity index (χ4n) is 2.31. The first-order valence-corrected chi connectivity index (χ1v) is 6.28. The molecule has 0 aromatic carbocycles. The molecule has 18 heavy (non-hydrogen) atoms. The van der Waals surface area contributed by atoms with Crippen molar-refractivity contribution in [1.29, 1.82) is 0 Å². The summed E-state index contributed by atoms with van der Waals surface area (Å²) in [6, 6.07) is 1.51. The largest absolute Gasteiger partial charge is 0.478 e. The van der Waals surface area contributed by atoms with Crippen LogP contribution < -0.4 is 5.32 Å². The number of amides is 1. The average molecular weight is 251 g/mol. The van der Waals surface area contributed by atoms with Crippen molar-refractivity contribution in [3.8, 4) is 0 Å². The highest BCUT2D eigenvalue weighted by Gasteiger charge is 2.23. The van der Waals surface area contributed by atoms with Crippen molar-refractivity contribution < 1.29 is 19.1 Å². The fourth-order valence-corrected chi connectivity index (χ4v) is 2.31. The smallest absolute Gasteiger partial charge is 0.339 e. The molecule has 1 aliphatic carbocycles. The third-order valence-corrected chi connectivity index (χ3v) is 3.27. The van der Waals surface area contributed by atoms with Gasteiger partial charge in [0.25, 0.3) is 5.91 Å². The van der Waals surface area contributed by atoms with E-state index in [1.54, 1.807) is 6.92 Å². The van der Waals surface area contributed by atoms with Gasteiger partial charge in [-0.05, 0) is 12.8 Å². The maximum Gasteiger partial charge on any atom is 0.339 e. The lowest BCUT2D eigenvalue weighted by molar-refractivity contribution is 0.0694. The number of rotatable bonds is 4. The van der Waals surface area contributed by atoms with Gasteiger partial charge in [-0.15, -0.1) is 0 Å². The Kier molecular flexibility index (Phi) is 3.69. The van der Waals surface area contributed by atoms with Crippen LogP contribution in [0.5, 0.6) is 0 Å². The Hall–Kier alpha value is -1.78. The van der Waals surface area contributed by atoms with Gasteiger partial charge in [0, 0.05) is 18.5 Å². The molecule has 2 rings (SSSR count). The van der Waals surface area contributed by atoms with Crippen molar-refractivity contribution in [3.05, 3.63) is 23.2 Å². The van der Waals surface area contributed by atoms with Crippen molar-refractivity contribution in [1.82, 2.24) is 5.32 Å². The molecule has 0 aliphatic heterocycles. The van der Waals surface area contributed by atoms with Crippen molar-refractivity contribution in [2.75, 3.05) is 0 Å². The van der Waals surface area contributed by atoms with E-state index in [1.807, 2.05) is 0 Å². The first-order chi connectivity index (χ1) is 8.61. The molecular weight excluding hydrogens is 234 g/mol. The summed E-state index contributed by atoms with van der Waals surface area (Å²) in [6.45, 7) is 1.80. The molecular formula is C13H17NO4. The number of furan rings is 1. The number of carboxylic acid groups (broad SMARTS) is 1. The summed E-state index contributed by atoms with van der Waals surface area (Å²) in [5.41, 5.74) is 0.0778. The number of carbonyl (C=O) groups is 2. The van der Waals surface area contributed by atoms with E-state index in [2.05, 4.69) is 5.32 Å². The maximum atomic E-state index is 11.9. The summed E-state index contributed by atoms with van der Waals surface area (Å²) in [5, 5.41) is 11.9. The minimum atomic E-state index is -1.06. The van der Waals surface area contributed by atoms with Crippen LogP contribution in [0.1, 0.15) is 59.3 Å². The topological polar surface area (TPSA) is 79.5 Å². The summed E-state index contributed by atoms with van der Waals surface area (Å²) in [6.07, 6.45) is 4.68. The standard InChI is InChI=1S/C13H17NO4/c1-2-10-9(13(16)17)7-11(18-10)12(15)14-8-5-3-4-6-8/h7-8H,2-6H2,1H3,(H,14,15)(H,16,17). The molecule has 0 atom stereocenters. The Bertz CT molecular complexity index is 458. The molecule has 0 saturated heterocycles. The normalized spacial score (nSPS) is 15.8. The lowest BCUT2D eigenvalue weighted by atomic mass is 10.2. The summed E-state index contributed by atoms with van der Waals surface area (Å²) < 4.78 is 5.30. The van der Waals surface area contributed by atoms with Gasteiger partial charge in [0.1, 0.15) is 11.3 Å². The second-order valence-corrected chi connectivity index (χ2v) is 4.56. The highest BCUT2D eigenvalue weighted by atomic mass is 16.4. The van der Waals surface area contributed by atoms with Gasteiger partial charge in [-0.1, -0.05) is 19.8 Å². The molecule has 98 valence electrons. The SMILES string of the molecule is CCc1oc(C(=O)NC2CCCC2)cc1C(=O)O. The van der Waals surface area contributed by atoms with Gasteiger partial charge in [-0.3, -0.25) is 4.79 Å². The molecule has 0 radical (unpaired) electrons. The summed E-state index contributed by atoms with van der Waals surface area (Å²) in [5.74, 6) is -0.935. The predicted molar refractivity (Wildman–Crippen MR) is 64.8 cm³/mol. The van der Waals surface area contributed by atoms with Crippen LogP contribution >= 0.6 is 0 Å². The minimum absolute atomic E-state index is 0.0778. The van der Waals surface area contributed by atoms with Crippen LogP contribution in [0, 0.1) is 0 Å². The van der Waals surface area contributed by atoms with E-state index in [4.69, 9.17) is 9.52 Å². The molecule has 0 spiro atoms. The molecule has 5 nitrogen and oxygen atoms in total.